The van der Waals surface area contributed by atoms with Crippen LogP contribution in [0, 0.1) is 0 Å². The van der Waals surface area contributed by atoms with Crippen molar-refractivity contribution in [1.82, 2.24) is 4.98 Å². The number of hydrogen-bond acceptors (Lipinski definition) is 5. The van der Waals surface area contributed by atoms with Gasteiger partial charge < -0.3 is 9.64 Å². The molecular weight excluding hydrogens is 284 g/mol. The quantitative estimate of drug-likeness (QED) is 0.794. The monoisotopic (exact) mass is 310 g/mol. The molecule has 2 heterocycles. The summed E-state index contributed by atoms with van der Waals surface area (Å²) in [6.07, 6.45) is 5.04. The number of aromatic nitrogens is 1. The summed E-state index contributed by atoms with van der Waals surface area (Å²) >= 11 is 1.64. The van der Waals surface area contributed by atoms with E-state index in [1.807, 2.05) is 26.2 Å². The van der Waals surface area contributed by atoms with E-state index < -0.39 is 5.41 Å². The van der Waals surface area contributed by atoms with Gasteiger partial charge in [-0.25, -0.2) is 4.98 Å². The Labute approximate surface area is 131 Å². The Morgan fingerprint density at radius 3 is 2.95 bits per heavy atom. The van der Waals surface area contributed by atoms with E-state index in [4.69, 9.17) is 9.72 Å². The van der Waals surface area contributed by atoms with Gasteiger partial charge in [0.15, 0.2) is 5.13 Å². The van der Waals surface area contributed by atoms with E-state index in [0.717, 1.165) is 17.4 Å². The largest absolute Gasteiger partial charge is 0.465 e. The number of ether oxygens (including phenoxy) is 1. The van der Waals surface area contributed by atoms with Crippen LogP contribution in [0.5, 0.6) is 0 Å². The van der Waals surface area contributed by atoms with Crippen LogP contribution in [0.2, 0.25) is 0 Å². The molecule has 1 fully saturated rings. The Morgan fingerprint density at radius 2 is 2.24 bits per heavy atom. The van der Waals surface area contributed by atoms with Gasteiger partial charge in [0.2, 0.25) is 0 Å². The van der Waals surface area contributed by atoms with Gasteiger partial charge in [-0.15, -0.1) is 11.3 Å². The molecule has 1 unspecified atom stereocenters. The van der Waals surface area contributed by atoms with Gasteiger partial charge in [0.25, 0.3) is 0 Å². The predicted octanol–water partition coefficient (Wildman–Crippen LogP) is 3.75. The first kappa shape index (κ1) is 16.3. The van der Waals surface area contributed by atoms with Crippen LogP contribution in [0.25, 0.3) is 0 Å². The fourth-order valence-corrected chi connectivity index (χ4v) is 3.78. The summed E-state index contributed by atoms with van der Waals surface area (Å²) in [6.45, 7) is 9.34. The molecule has 4 nitrogen and oxygen atoms in total. The van der Waals surface area contributed by atoms with Crippen molar-refractivity contribution in [3.63, 3.8) is 0 Å². The standard InChI is InChI=1S/C16H26N2O2S/c1-5-20-14(19)16(3,4)13-11-21-15(17-13)18-10-8-6-7-9-12(18)2/h11-12H,5-10H2,1-4H3. The topological polar surface area (TPSA) is 42.4 Å². The van der Waals surface area contributed by atoms with Crippen molar-refractivity contribution < 1.29 is 9.53 Å². The normalized spacial score (nSPS) is 20.2. The van der Waals surface area contributed by atoms with Gasteiger partial charge in [0, 0.05) is 18.0 Å². The summed E-state index contributed by atoms with van der Waals surface area (Å²) in [5, 5.41) is 3.04. The fraction of sp³-hybridized carbons (Fsp3) is 0.750. The molecular formula is C16H26N2O2S. The molecule has 5 heteroatoms. The molecule has 1 atom stereocenters. The average molecular weight is 310 g/mol. The molecule has 0 aliphatic carbocycles. The molecule has 0 radical (unpaired) electrons. The highest BCUT2D eigenvalue weighted by Crippen LogP contribution is 2.32. The first-order valence-electron chi connectivity index (χ1n) is 7.86. The summed E-state index contributed by atoms with van der Waals surface area (Å²) < 4.78 is 5.17. The third-order valence-corrected chi connectivity index (χ3v) is 5.09. The second-order valence-electron chi connectivity index (χ2n) is 6.25. The van der Waals surface area contributed by atoms with Gasteiger partial charge >= 0.3 is 5.97 Å². The highest BCUT2D eigenvalue weighted by atomic mass is 32.1. The number of anilines is 1. The van der Waals surface area contributed by atoms with Gasteiger partial charge in [-0.1, -0.05) is 12.8 Å². The molecule has 1 aliphatic rings. The van der Waals surface area contributed by atoms with Crippen LogP contribution in [-0.4, -0.2) is 30.1 Å². The van der Waals surface area contributed by atoms with Gasteiger partial charge in [0.1, 0.15) is 5.41 Å². The number of carbonyl (C=O) groups is 1. The number of hydrogen-bond donors (Lipinski definition) is 0. The van der Waals surface area contributed by atoms with Crippen molar-refractivity contribution in [3.05, 3.63) is 11.1 Å². The van der Waals surface area contributed by atoms with Gasteiger partial charge in [-0.2, -0.15) is 0 Å². The van der Waals surface area contributed by atoms with Gasteiger partial charge in [0.05, 0.1) is 12.3 Å². The van der Waals surface area contributed by atoms with E-state index in [2.05, 4.69) is 11.8 Å². The first-order chi connectivity index (χ1) is 9.96. The lowest BCUT2D eigenvalue weighted by molar-refractivity contribution is -0.148. The van der Waals surface area contributed by atoms with Crippen molar-refractivity contribution in [2.75, 3.05) is 18.1 Å². The second-order valence-corrected chi connectivity index (χ2v) is 7.09. The first-order valence-corrected chi connectivity index (χ1v) is 8.74. The van der Waals surface area contributed by atoms with Gasteiger partial charge in [-0.3, -0.25) is 4.79 Å². The maximum absolute atomic E-state index is 12.1. The van der Waals surface area contributed by atoms with Crippen LogP contribution in [0.15, 0.2) is 5.38 Å². The lowest BCUT2D eigenvalue weighted by atomic mass is 9.90. The maximum atomic E-state index is 12.1. The van der Waals surface area contributed by atoms with E-state index in [-0.39, 0.29) is 5.97 Å². The van der Waals surface area contributed by atoms with Crippen molar-refractivity contribution in [2.45, 2.75) is 64.8 Å². The lowest BCUT2D eigenvalue weighted by Crippen LogP contribution is -2.34. The zero-order valence-corrected chi connectivity index (χ0v) is 14.3. The molecule has 0 aromatic carbocycles. The van der Waals surface area contributed by atoms with Crippen molar-refractivity contribution >= 4 is 22.4 Å². The van der Waals surface area contributed by atoms with Crippen LogP contribution >= 0.6 is 11.3 Å². The van der Waals surface area contributed by atoms with Crippen LogP contribution in [-0.2, 0) is 14.9 Å². The molecule has 0 N–H and O–H groups in total. The molecule has 1 aromatic heterocycles. The SMILES string of the molecule is CCOC(=O)C(C)(C)c1csc(N2CCCCCC2C)n1. The Bertz CT molecular complexity index is 484. The predicted molar refractivity (Wildman–Crippen MR) is 87.0 cm³/mol. The Hall–Kier alpha value is -1.10. The minimum absolute atomic E-state index is 0.203. The third kappa shape index (κ3) is 3.57. The smallest absolute Gasteiger partial charge is 0.317 e. The highest BCUT2D eigenvalue weighted by molar-refractivity contribution is 7.13. The summed E-state index contributed by atoms with van der Waals surface area (Å²) in [6, 6.07) is 0.525. The minimum Gasteiger partial charge on any atom is -0.465 e. The fourth-order valence-electron chi connectivity index (χ4n) is 2.66. The zero-order chi connectivity index (χ0) is 15.5. The molecule has 1 saturated heterocycles. The molecule has 0 amide bonds. The molecule has 1 aliphatic heterocycles. The number of rotatable bonds is 4. The van der Waals surface area contributed by atoms with Crippen molar-refractivity contribution in [2.24, 2.45) is 0 Å². The zero-order valence-electron chi connectivity index (χ0n) is 13.5. The Kier molecular flexibility index (Phi) is 5.25. The number of esters is 1. The van der Waals surface area contributed by atoms with Gasteiger partial charge in [-0.05, 0) is 40.5 Å². The Morgan fingerprint density at radius 1 is 1.48 bits per heavy atom. The maximum Gasteiger partial charge on any atom is 0.317 e. The Balaban J connectivity index is 2.18. The molecule has 21 heavy (non-hydrogen) atoms. The minimum atomic E-state index is -0.681. The van der Waals surface area contributed by atoms with Crippen LogP contribution in [0.3, 0.4) is 0 Å². The van der Waals surface area contributed by atoms with E-state index in [9.17, 15) is 4.79 Å². The third-order valence-electron chi connectivity index (χ3n) is 4.22. The number of thiazole rings is 1. The van der Waals surface area contributed by atoms with Crippen molar-refractivity contribution in [1.29, 1.82) is 0 Å². The molecule has 2 rings (SSSR count). The number of nitrogens with zero attached hydrogens (tertiary/aromatic N) is 2. The summed E-state index contributed by atoms with van der Waals surface area (Å²) in [5.74, 6) is -0.203. The highest BCUT2D eigenvalue weighted by Gasteiger charge is 2.34. The van der Waals surface area contributed by atoms with Crippen molar-refractivity contribution in [3.8, 4) is 0 Å². The summed E-state index contributed by atoms with van der Waals surface area (Å²) in [5.41, 5.74) is 0.136. The summed E-state index contributed by atoms with van der Waals surface area (Å²) in [4.78, 5) is 19.2. The van der Waals surface area contributed by atoms with E-state index in [1.54, 1.807) is 11.3 Å². The molecule has 0 bridgehead atoms. The summed E-state index contributed by atoms with van der Waals surface area (Å²) in [7, 11) is 0. The van der Waals surface area contributed by atoms with E-state index in [1.165, 1.54) is 25.7 Å². The van der Waals surface area contributed by atoms with Crippen LogP contribution < -0.4 is 4.90 Å². The molecule has 0 saturated carbocycles. The van der Waals surface area contributed by atoms with E-state index >= 15 is 0 Å². The second kappa shape index (κ2) is 6.77. The van der Waals surface area contributed by atoms with E-state index in [0.29, 0.717) is 12.6 Å². The molecule has 118 valence electrons. The lowest BCUT2D eigenvalue weighted by Gasteiger charge is -2.26. The molecule has 0 spiro atoms. The van der Waals surface area contributed by atoms with Crippen LogP contribution in [0.1, 0.15) is 59.1 Å². The average Bonchev–Trinajstić information content (AvgIpc) is 2.84. The number of carbonyl (C=O) groups excluding carboxylic acids is 1. The van der Waals surface area contributed by atoms with Crippen LogP contribution in [0.4, 0.5) is 5.13 Å². The molecule has 1 aromatic rings.